The van der Waals surface area contributed by atoms with E-state index >= 15 is 0 Å². The molecule has 0 saturated heterocycles. The molecule has 0 aliphatic heterocycles. The van der Waals surface area contributed by atoms with Gasteiger partial charge in [0, 0.05) is 49.4 Å². The third-order valence-electron chi connectivity index (χ3n) is 9.66. The Balaban J connectivity index is 1.16. The van der Waals surface area contributed by atoms with E-state index in [1.807, 2.05) is 0 Å². The molecule has 3 aromatic heterocycles. The predicted molar refractivity (Wildman–Crippen MR) is 240 cm³/mol. The van der Waals surface area contributed by atoms with Crippen molar-refractivity contribution < 1.29 is 41.1 Å². The van der Waals surface area contributed by atoms with Gasteiger partial charge < -0.3 is 13.7 Å². The Hall–Kier alpha value is -7.62. The lowest BCUT2D eigenvalue weighted by molar-refractivity contribution is 1.16. The highest BCUT2D eigenvalue weighted by Gasteiger charge is 2.18. The van der Waals surface area contributed by atoms with E-state index in [4.69, 9.17) is 28.8 Å². The van der Waals surface area contributed by atoms with E-state index in [1.165, 1.54) is 24.3 Å². The molecular formula is C54H35N3. The molecule has 0 saturated carbocycles. The van der Waals surface area contributed by atoms with Crippen LogP contribution in [0.4, 0.5) is 0 Å². The summed E-state index contributed by atoms with van der Waals surface area (Å²) in [6.45, 7) is 0. The molecule has 0 amide bonds. The molecule has 3 heterocycles. The number of benzene rings is 9. The molecule has 0 unspecified atom stereocenters. The van der Waals surface area contributed by atoms with Crippen LogP contribution < -0.4 is 0 Å². The zero-order valence-corrected chi connectivity index (χ0v) is 28.7. The van der Waals surface area contributed by atoms with Gasteiger partial charge in [-0.05, 0) is 94.8 Å². The van der Waals surface area contributed by atoms with E-state index in [-0.39, 0.29) is 49.4 Å². The van der Waals surface area contributed by atoms with Crippen molar-refractivity contribution in [3.05, 3.63) is 212 Å². The number of para-hydroxylation sites is 4. The van der Waals surface area contributed by atoms with Crippen LogP contribution in [0.15, 0.2) is 212 Å². The van der Waals surface area contributed by atoms with Crippen LogP contribution in [0.25, 0.3) is 105 Å². The number of nitrogens with zero attached hydrogens (tertiary/aromatic N) is 3. The van der Waals surface area contributed by atoms with Crippen molar-refractivity contribution in [1.82, 2.24) is 13.7 Å². The molecule has 0 spiro atoms. The third-order valence-corrected chi connectivity index (χ3v) is 9.66. The molecule has 0 atom stereocenters. The van der Waals surface area contributed by atoms with E-state index in [1.54, 1.807) is 0 Å². The number of fused-ring (bicyclic) bond motifs is 9. The Morgan fingerprint density at radius 2 is 0.649 bits per heavy atom. The Morgan fingerprint density at radius 1 is 0.263 bits per heavy atom. The van der Waals surface area contributed by atoms with Gasteiger partial charge in [-0.15, -0.1) is 0 Å². The SMILES string of the molecule is [2H]c1c([2H])c([2H])c(-c2c([2H])c([2H])c(-c3ccc(-n4c5c([2H])c([2H])c([2H])c([2H])c5c5c([2H])c(-n6c7c([2H])c([2H])c(-n8c9c([2H])c([2H])c([2H])c([2H])c9c9c([2H])c([2H])c([2H])c([2H])c98)cc7c7c([2H])c([2H])c([2H])c([2H])c76)c([2H])c([2H])c54)cc3)c([2H])c2[2H])c([2H])c1[2H]. The quantitative estimate of drug-likeness (QED) is 0.166. The van der Waals surface area contributed by atoms with Crippen LogP contribution in [-0.4, -0.2) is 13.7 Å². The van der Waals surface area contributed by atoms with E-state index < -0.39 is 237 Å². The molecule has 9 aromatic carbocycles. The molecule has 0 radical (unpaired) electrons. The van der Waals surface area contributed by atoms with Gasteiger partial charge in [0.1, 0.15) is 0 Å². The lowest BCUT2D eigenvalue weighted by Gasteiger charge is -2.12. The van der Waals surface area contributed by atoms with Crippen LogP contribution >= 0.6 is 0 Å². The number of hydrogen-bond acceptors (Lipinski definition) is 0. The molecule has 0 fully saturated rings. The summed E-state index contributed by atoms with van der Waals surface area (Å²) in [5, 5.41) is -2.28. The molecule has 57 heavy (non-hydrogen) atoms. The van der Waals surface area contributed by atoms with Crippen molar-refractivity contribution in [1.29, 1.82) is 0 Å². The standard InChI is InChI=1S/C54H35N3/c1-2-12-36(13-3-1)37-22-24-38(25-23-37)39-26-28-40(29-27-39)55-51-20-10-6-16-45(51)47-35-42(30-32-53(47)55)57-52-21-11-7-17-46(52)48-34-41(31-33-54(48)57)56-49-18-8-4-14-43(49)44-15-5-9-19-50(44)56/h1-35H/i1D,2D,3D,4D,5D,6D,7D,8D,9D,10D,11D,12D,13D,14D,15D,16D,17D,18D,19D,20D,21D,22D,23D,24D,25D,30D,31D,32D,33D,35D. The Kier molecular flexibility index (Phi) is 3.09. The van der Waals surface area contributed by atoms with E-state index in [9.17, 15) is 12.3 Å². The van der Waals surface area contributed by atoms with E-state index in [2.05, 4.69) is 0 Å². The topological polar surface area (TPSA) is 14.8 Å². The second-order valence-electron chi connectivity index (χ2n) is 12.7. The third kappa shape index (κ3) is 4.86. The van der Waals surface area contributed by atoms with Gasteiger partial charge in [-0.2, -0.15) is 0 Å². The van der Waals surface area contributed by atoms with Crippen LogP contribution in [0, 0.1) is 0 Å². The molecule has 12 aromatic rings. The number of rotatable bonds is 5. The lowest BCUT2D eigenvalue weighted by Crippen LogP contribution is -1.96. The van der Waals surface area contributed by atoms with Crippen LogP contribution in [0.5, 0.6) is 0 Å². The van der Waals surface area contributed by atoms with Gasteiger partial charge in [-0.25, -0.2) is 0 Å². The molecule has 0 aliphatic carbocycles. The van der Waals surface area contributed by atoms with E-state index in [0.29, 0.717) is 0 Å². The minimum atomic E-state index is -0.887. The van der Waals surface area contributed by atoms with Crippen LogP contribution in [0.3, 0.4) is 0 Å². The Morgan fingerprint density at radius 3 is 1.23 bits per heavy atom. The van der Waals surface area contributed by atoms with Crippen molar-refractivity contribution >= 4 is 65.4 Å². The number of aromatic nitrogens is 3. The average Bonchev–Trinajstić information content (AvgIpc) is 1.56. The van der Waals surface area contributed by atoms with E-state index in [0.717, 1.165) is 19.8 Å². The summed E-state index contributed by atoms with van der Waals surface area (Å²) in [4.78, 5) is 0. The maximum absolute atomic E-state index is 10.1. The summed E-state index contributed by atoms with van der Waals surface area (Å²) < 4.78 is 272. The van der Waals surface area contributed by atoms with Crippen molar-refractivity contribution in [2.75, 3.05) is 0 Å². The summed E-state index contributed by atoms with van der Waals surface area (Å²) in [5.74, 6) is 0. The van der Waals surface area contributed by atoms with Gasteiger partial charge in [0.2, 0.25) is 0 Å². The molecule has 3 heteroatoms. The molecule has 0 N–H and O–H groups in total. The summed E-state index contributed by atoms with van der Waals surface area (Å²) in [5.41, 5.74) is -5.22. The predicted octanol–water partition coefficient (Wildman–Crippen LogP) is 14.3. The summed E-state index contributed by atoms with van der Waals surface area (Å²) in [6.07, 6.45) is 0. The summed E-state index contributed by atoms with van der Waals surface area (Å²) in [6, 6.07) is -16.8. The minimum Gasteiger partial charge on any atom is -0.309 e. The second kappa shape index (κ2) is 12.5. The van der Waals surface area contributed by atoms with Crippen molar-refractivity contribution in [3.8, 4) is 39.3 Å². The first-order valence-corrected chi connectivity index (χ1v) is 17.2. The lowest BCUT2D eigenvalue weighted by atomic mass is 10.0. The molecule has 0 bridgehead atoms. The van der Waals surface area contributed by atoms with Crippen LogP contribution in [-0.2, 0) is 0 Å². The highest BCUT2D eigenvalue weighted by atomic mass is 15.0. The maximum Gasteiger partial charge on any atom is 0.0652 e. The molecule has 266 valence electrons. The summed E-state index contributed by atoms with van der Waals surface area (Å²) >= 11 is 0. The first kappa shape index (κ1) is 14.1. The molecule has 0 aliphatic rings. The van der Waals surface area contributed by atoms with Gasteiger partial charge >= 0.3 is 0 Å². The molecule has 12 rings (SSSR count). The smallest absolute Gasteiger partial charge is 0.0652 e. The van der Waals surface area contributed by atoms with Crippen molar-refractivity contribution in [2.45, 2.75) is 0 Å². The van der Waals surface area contributed by atoms with Crippen molar-refractivity contribution in [2.24, 2.45) is 0 Å². The molecular weight excluding hydrogens is 691 g/mol. The first-order valence-electron chi connectivity index (χ1n) is 32.2. The van der Waals surface area contributed by atoms with Crippen LogP contribution in [0.2, 0.25) is 0 Å². The second-order valence-corrected chi connectivity index (χ2v) is 12.7. The zero-order valence-electron chi connectivity index (χ0n) is 58.7. The first-order chi connectivity index (χ1) is 40.8. The monoisotopic (exact) mass is 755 g/mol. The Bertz CT molecular complexity index is 5140. The van der Waals surface area contributed by atoms with Crippen LogP contribution in [0.1, 0.15) is 41.1 Å². The van der Waals surface area contributed by atoms with Gasteiger partial charge in [0.05, 0.1) is 74.2 Å². The average molecular weight is 756 g/mol. The maximum atomic E-state index is 10.1. The Labute approximate surface area is 371 Å². The van der Waals surface area contributed by atoms with Gasteiger partial charge in [0.25, 0.3) is 0 Å². The van der Waals surface area contributed by atoms with Gasteiger partial charge in [0.15, 0.2) is 0 Å². The van der Waals surface area contributed by atoms with Gasteiger partial charge in [-0.3, -0.25) is 0 Å². The fourth-order valence-electron chi connectivity index (χ4n) is 7.19. The largest absolute Gasteiger partial charge is 0.309 e. The fourth-order valence-corrected chi connectivity index (χ4v) is 7.19. The van der Waals surface area contributed by atoms with Gasteiger partial charge in [-0.1, -0.05) is 139 Å². The van der Waals surface area contributed by atoms with Crippen molar-refractivity contribution in [3.63, 3.8) is 0 Å². The highest BCUT2D eigenvalue weighted by molar-refractivity contribution is 6.14. The molecule has 3 nitrogen and oxygen atoms in total. The minimum absolute atomic E-state index is 0.0135. The fraction of sp³-hybridized carbons (Fsp3) is 0. The zero-order chi connectivity index (χ0) is 63.6. The number of hydrogen-bond donors (Lipinski definition) is 0. The highest BCUT2D eigenvalue weighted by Crippen LogP contribution is 2.39. The summed E-state index contributed by atoms with van der Waals surface area (Å²) in [7, 11) is 0. The normalized spacial score (nSPS) is 19.2.